The van der Waals surface area contributed by atoms with E-state index in [-0.39, 0.29) is 26.7 Å². The molecule has 0 aliphatic heterocycles. The van der Waals surface area contributed by atoms with Gasteiger partial charge in [-0.05, 0) is 78.6 Å². The zero-order valence-corrected chi connectivity index (χ0v) is 22.3. The van der Waals surface area contributed by atoms with Crippen molar-refractivity contribution < 1.29 is 35.5 Å². The quantitative estimate of drug-likeness (QED) is 0.0878. The summed E-state index contributed by atoms with van der Waals surface area (Å²) in [7, 11) is 0. The van der Waals surface area contributed by atoms with Crippen LogP contribution in [0.15, 0.2) is 73.3 Å². The minimum absolute atomic E-state index is 0.0864. The maximum Gasteiger partial charge on any atom is 0.429 e. The molecular weight excluding hydrogens is 592 g/mol. The Kier molecular flexibility index (Phi) is 9.01. The first-order valence-corrected chi connectivity index (χ1v) is 12.6. The minimum atomic E-state index is -4.24. The molecule has 0 bridgehead atoms. The van der Waals surface area contributed by atoms with Gasteiger partial charge in [-0.2, -0.15) is 8.78 Å². The highest BCUT2D eigenvalue weighted by molar-refractivity contribution is 6.35. The summed E-state index contributed by atoms with van der Waals surface area (Å²) < 4.78 is 106. The Balaban J connectivity index is 1.54. The van der Waals surface area contributed by atoms with E-state index in [1.807, 2.05) is 0 Å². The number of hydrogen-bond acceptors (Lipinski definition) is 1. The SMILES string of the molecule is C=CCCc1cc(F)c(C#Cc2ccc(C(F)(F)Oc3ccc(-c4cc(Cl)c(F)c(Cl)c4)c(F)c3)c(F)c2)c(F)c1. The maximum absolute atomic E-state index is 14.8. The molecule has 4 rings (SSSR count). The van der Waals surface area contributed by atoms with Gasteiger partial charge in [-0.1, -0.05) is 41.1 Å². The molecule has 0 atom stereocenters. The van der Waals surface area contributed by atoms with Crippen LogP contribution in [0, 0.1) is 40.9 Å². The van der Waals surface area contributed by atoms with Crippen molar-refractivity contribution in [3.63, 3.8) is 0 Å². The first-order chi connectivity index (χ1) is 19.4. The second kappa shape index (κ2) is 12.3. The van der Waals surface area contributed by atoms with Crippen molar-refractivity contribution in [2.45, 2.75) is 19.0 Å². The number of rotatable bonds is 7. The van der Waals surface area contributed by atoms with Gasteiger partial charge in [0, 0.05) is 17.2 Å². The van der Waals surface area contributed by atoms with Crippen molar-refractivity contribution in [1.29, 1.82) is 0 Å². The van der Waals surface area contributed by atoms with Crippen LogP contribution in [0.4, 0.5) is 30.7 Å². The lowest BCUT2D eigenvalue weighted by Crippen LogP contribution is -2.23. The van der Waals surface area contributed by atoms with Crippen molar-refractivity contribution in [2.75, 3.05) is 0 Å². The van der Waals surface area contributed by atoms with E-state index in [1.54, 1.807) is 6.08 Å². The van der Waals surface area contributed by atoms with Gasteiger partial charge >= 0.3 is 6.11 Å². The van der Waals surface area contributed by atoms with Crippen LogP contribution in [-0.4, -0.2) is 0 Å². The Bertz CT molecular complexity index is 1660. The average molecular weight is 609 g/mol. The summed E-state index contributed by atoms with van der Waals surface area (Å²) in [6, 6.07) is 9.55. The number of aryl methyl sites for hydroxylation is 1. The van der Waals surface area contributed by atoms with Gasteiger partial charge in [0.25, 0.3) is 0 Å². The molecule has 0 heterocycles. The van der Waals surface area contributed by atoms with Gasteiger partial charge < -0.3 is 4.74 Å². The topological polar surface area (TPSA) is 9.23 Å². The van der Waals surface area contributed by atoms with E-state index in [1.165, 1.54) is 0 Å². The monoisotopic (exact) mass is 608 g/mol. The molecule has 0 amide bonds. The van der Waals surface area contributed by atoms with Gasteiger partial charge in [0.15, 0.2) is 5.82 Å². The summed E-state index contributed by atoms with van der Waals surface area (Å²) in [4.78, 5) is 0. The molecule has 210 valence electrons. The van der Waals surface area contributed by atoms with Crippen molar-refractivity contribution >= 4 is 23.2 Å². The summed E-state index contributed by atoms with van der Waals surface area (Å²) >= 11 is 11.5. The summed E-state index contributed by atoms with van der Waals surface area (Å²) in [6.45, 7) is 3.55. The highest BCUT2D eigenvalue weighted by Crippen LogP contribution is 2.37. The van der Waals surface area contributed by atoms with Gasteiger partial charge in [0.1, 0.15) is 34.6 Å². The number of hydrogen-bond donors (Lipinski definition) is 0. The van der Waals surface area contributed by atoms with Crippen LogP contribution in [-0.2, 0) is 12.5 Å². The fourth-order valence-electron chi connectivity index (χ4n) is 3.83. The van der Waals surface area contributed by atoms with Gasteiger partial charge in [-0.25, -0.2) is 22.0 Å². The first kappa shape index (κ1) is 30.0. The Morgan fingerprint density at radius 3 is 2.02 bits per heavy atom. The number of benzene rings is 4. The molecule has 0 spiro atoms. The smallest absolute Gasteiger partial charge is 0.429 e. The molecule has 0 aliphatic rings. The zero-order valence-electron chi connectivity index (χ0n) is 20.8. The lowest BCUT2D eigenvalue weighted by molar-refractivity contribution is -0.187. The Labute approximate surface area is 240 Å². The normalized spacial score (nSPS) is 11.1. The molecule has 10 heteroatoms. The van der Waals surface area contributed by atoms with Crippen LogP contribution in [0.2, 0.25) is 10.0 Å². The maximum atomic E-state index is 14.8. The summed E-state index contributed by atoms with van der Waals surface area (Å²) in [5, 5.41) is -0.732. The largest absolute Gasteiger partial charge is 0.429 e. The third-order valence-corrected chi connectivity index (χ3v) is 6.38. The van der Waals surface area contributed by atoms with E-state index in [0.717, 1.165) is 42.5 Å². The number of alkyl halides is 2. The van der Waals surface area contributed by atoms with E-state index in [2.05, 4.69) is 23.2 Å². The number of halogens is 9. The van der Waals surface area contributed by atoms with E-state index >= 15 is 0 Å². The molecule has 0 aliphatic carbocycles. The van der Waals surface area contributed by atoms with E-state index in [9.17, 15) is 30.7 Å². The molecule has 0 fully saturated rings. The Hall–Kier alpha value is -3.93. The summed E-state index contributed by atoms with van der Waals surface area (Å²) in [5.74, 6) is -1.21. The van der Waals surface area contributed by atoms with Gasteiger partial charge in [0.05, 0.1) is 15.6 Å². The molecule has 0 radical (unpaired) electrons. The lowest BCUT2D eigenvalue weighted by Gasteiger charge is -2.19. The predicted octanol–water partition coefficient (Wildman–Crippen LogP) is 10.0. The van der Waals surface area contributed by atoms with Crippen LogP contribution in [0.25, 0.3) is 11.1 Å². The predicted molar refractivity (Wildman–Crippen MR) is 144 cm³/mol. The summed E-state index contributed by atoms with van der Waals surface area (Å²) in [5.41, 5.74) is -1.51. The van der Waals surface area contributed by atoms with Crippen molar-refractivity contribution in [2.24, 2.45) is 0 Å². The Morgan fingerprint density at radius 2 is 1.44 bits per heavy atom. The molecule has 4 aromatic rings. The molecule has 0 N–H and O–H groups in total. The fourth-order valence-corrected chi connectivity index (χ4v) is 4.32. The average Bonchev–Trinajstić information content (AvgIpc) is 2.89. The molecule has 4 aromatic carbocycles. The molecule has 0 aromatic heterocycles. The summed E-state index contributed by atoms with van der Waals surface area (Å²) in [6.07, 6.45) is -1.74. The molecule has 0 saturated carbocycles. The van der Waals surface area contributed by atoms with Crippen LogP contribution >= 0.6 is 23.2 Å². The minimum Gasteiger partial charge on any atom is -0.429 e. The number of ether oxygens (including phenoxy) is 1. The lowest BCUT2D eigenvalue weighted by atomic mass is 10.0. The first-order valence-electron chi connectivity index (χ1n) is 11.8. The third-order valence-electron chi connectivity index (χ3n) is 5.83. The van der Waals surface area contributed by atoms with E-state index in [0.29, 0.717) is 36.6 Å². The fraction of sp³-hybridized carbons (Fsp3) is 0.0968. The Morgan fingerprint density at radius 1 is 0.780 bits per heavy atom. The van der Waals surface area contributed by atoms with Gasteiger partial charge in [0.2, 0.25) is 0 Å². The van der Waals surface area contributed by atoms with Gasteiger partial charge in [-0.15, -0.1) is 6.58 Å². The standard InChI is InChI=1S/C31H17Cl2F7O/c1-2-3-4-18-12-26(34)22(27(35)13-18)8-5-17-6-10-23(29(37)11-17)31(39,40)41-20-7-9-21(28(36)16-20)19-14-24(32)30(38)25(33)15-19/h2,6-7,9-16H,1,3-4H2. The molecule has 41 heavy (non-hydrogen) atoms. The highest BCUT2D eigenvalue weighted by atomic mass is 35.5. The van der Waals surface area contributed by atoms with E-state index < -0.39 is 52.1 Å². The van der Waals surface area contributed by atoms with Crippen molar-refractivity contribution in [1.82, 2.24) is 0 Å². The molecular formula is C31H17Cl2F7O. The second-order valence-corrected chi connectivity index (χ2v) is 9.54. The second-order valence-electron chi connectivity index (χ2n) is 8.72. The van der Waals surface area contributed by atoms with Gasteiger partial charge in [-0.3, -0.25) is 0 Å². The molecule has 0 saturated heterocycles. The van der Waals surface area contributed by atoms with Crippen LogP contribution in [0.3, 0.4) is 0 Å². The third kappa shape index (κ3) is 6.87. The van der Waals surface area contributed by atoms with Crippen LogP contribution in [0.5, 0.6) is 5.75 Å². The van der Waals surface area contributed by atoms with Crippen molar-refractivity contribution in [3.05, 3.63) is 135 Å². The zero-order chi connectivity index (χ0) is 29.9. The van der Waals surface area contributed by atoms with E-state index in [4.69, 9.17) is 23.2 Å². The number of allylic oxidation sites excluding steroid dienone is 1. The van der Waals surface area contributed by atoms with Crippen LogP contribution < -0.4 is 4.74 Å². The van der Waals surface area contributed by atoms with Crippen molar-refractivity contribution in [3.8, 4) is 28.7 Å². The molecule has 1 nitrogen and oxygen atoms in total. The highest BCUT2D eigenvalue weighted by Gasteiger charge is 2.38. The molecule has 0 unspecified atom stereocenters. The van der Waals surface area contributed by atoms with Crippen LogP contribution in [0.1, 0.15) is 28.7 Å².